The van der Waals surface area contributed by atoms with Gasteiger partial charge in [0.2, 0.25) is 0 Å². The Balaban J connectivity index is 2.25. The summed E-state index contributed by atoms with van der Waals surface area (Å²) in [5.41, 5.74) is 4.94. The van der Waals surface area contributed by atoms with E-state index in [4.69, 9.17) is 4.74 Å². The Labute approximate surface area is 126 Å². The monoisotopic (exact) mass is 286 g/mol. The molecule has 0 amide bonds. The Morgan fingerprint density at radius 2 is 2.14 bits per heavy atom. The highest BCUT2D eigenvalue weighted by Crippen LogP contribution is 2.37. The minimum absolute atomic E-state index is 0.309. The number of benzene rings is 1. The number of allylic oxidation sites excluding steroid dienone is 1. The van der Waals surface area contributed by atoms with Crippen LogP contribution in [0, 0.1) is 13.8 Å². The molecule has 0 bridgehead atoms. The van der Waals surface area contributed by atoms with Crippen LogP contribution in [0.3, 0.4) is 0 Å². The maximum Gasteiger partial charge on any atom is 0.334 e. The second-order valence-electron chi connectivity index (χ2n) is 5.64. The van der Waals surface area contributed by atoms with Gasteiger partial charge >= 0.3 is 5.97 Å². The molecule has 0 aromatic heterocycles. The summed E-state index contributed by atoms with van der Waals surface area (Å²) < 4.78 is 5.04. The van der Waals surface area contributed by atoms with Gasteiger partial charge in [-0.15, -0.1) is 0 Å². The maximum absolute atomic E-state index is 11.9. The van der Waals surface area contributed by atoms with Crippen LogP contribution in [0.25, 0.3) is 0 Å². The first kappa shape index (κ1) is 15.5. The largest absolute Gasteiger partial charge is 0.463 e. The first-order valence-corrected chi connectivity index (χ1v) is 7.48. The van der Waals surface area contributed by atoms with Crippen molar-refractivity contribution in [2.24, 2.45) is 0 Å². The number of esters is 1. The van der Waals surface area contributed by atoms with Crippen molar-refractivity contribution in [3.05, 3.63) is 46.0 Å². The van der Waals surface area contributed by atoms with Gasteiger partial charge in [0, 0.05) is 11.1 Å². The number of hydrogen-bond donors (Lipinski definition) is 0. The molecule has 1 unspecified atom stereocenters. The van der Waals surface area contributed by atoms with E-state index in [9.17, 15) is 9.59 Å². The standard InChI is InChI=1S/C18H22O3/c1-4-21-18(20)17-8-6-14(10-15(17)11-19)16-7-5-12(2)9-13(16)3/h5,7,9,11,14H,4,6,8,10H2,1-3H3. The fourth-order valence-corrected chi connectivity index (χ4v) is 3.09. The van der Waals surface area contributed by atoms with E-state index >= 15 is 0 Å². The van der Waals surface area contributed by atoms with Crippen molar-refractivity contribution in [1.29, 1.82) is 0 Å². The molecule has 1 aromatic carbocycles. The van der Waals surface area contributed by atoms with Crippen LogP contribution in [0.4, 0.5) is 0 Å². The van der Waals surface area contributed by atoms with Gasteiger partial charge in [0.1, 0.15) is 6.29 Å². The van der Waals surface area contributed by atoms with Crippen LogP contribution in [0.1, 0.15) is 48.8 Å². The fourth-order valence-electron chi connectivity index (χ4n) is 3.09. The summed E-state index contributed by atoms with van der Waals surface area (Å²) in [7, 11) is 0. The smallest absolute Gasteiger partial charge is 0.334 e. The molecule has 0 heterocycles. The van der Waals surface area contributed by atoms with E-state index < -0.39 is 0 Å². The van der Waals surface area contributed by atoms with Crippen molar-refractivity contribution in [3.8, 4) is 0 Å². The zero-order valence-electron chi connectivity index (χ0n) is 12.9. The quantitative estimate of drug-likeness (QED) is 0.627. The van der Waals surface area contributed by atoms with Crippen molar-refractivity contribution in [2.45, 2.75) is 46.0 Å². The van der Waals surface area contributed by atoms with Crippen molar-refractivity contribution in [1.82, 2.24) is 0 Å². The Kier molecular flexibility index (Phi) is 4.94. The molecule has 0 N–H and O–H groups in total. The summed E-state index contributed by atoms with van der Waals surface area (Å²) in [6.45, 7) is 6.30. The van der Waals surface area contributed by atoms with E-state index in [0.29, 0.717) is 36.5 Å². The number of aldehydes is 1. The van der Waals surface area contributed by atoms with Gasteiger partial charge in [0.05, 0.1) is 6.61 Å². The van der Waals surface area contributed by atoms with E-state index in [-0.39, 0.29) is 5.97 Å². The van der Waals surface area contributed by atoms with E-state index in [1.165, 1.54) is 16.7 Å². The van der Waals surface area contributed by atoms with Gasteiger partial charge in [-0.2, -0.15) is 0 Å². The number of rotatable bonds is 4. The third-order valence-corrected chi connectivity index (χ3v) is 4.13. The third-order valence-electron chi connectivity index (χ3n) is 4.13. The zero-order chi connectivity index (χ0) is 15.4. The molecule has 0 aliphatic heterocycles. The second kappa shape index (κ2) is 6.70. The maximum atomic E-state index is 11.9. The molecular weight excluding hydrogens is 264 g/mol. The Morgan fingerprint density at radius 1 is 1.38 bits per heavy atom. The first-order valence-electron chi connectivity index (χ1n) is 7.48. The SMILES string of the molecule is CCOC(=O)C1=C(C=O)CC(c2ccc(C)cc2C)CC1. The number of carbonyl (C=O) groups is 2. The van der Waals surface area contributed by atoms with Gasteiger partial charge < -0.3 is 4.74 Å². The lowest BCUT2D eigenvalue weighted by molar-refractivity contribution is -0.139. The van der Waals surface area contributed by atoms with Crippen molar-refractivity contribution >= 4 is 12.3 Å². The van der Waals surface area contributed by atoms with E-state index in [0.717, 1.165) is 12.7 Å². The Morgan fingerprint density at radius 3 is 2.76 bits per heavy atom. The first-order chi connectivity index (χ1) is 10.1. The fraction of sp³-hybridized carbons (Fsp3) is 0.444. The molecule has 0 fully saturated rings. The summed E-state index contributed by atoms with van der Waals surface area (Å²) in [6, 6.07) is 6.42. The average Bonchev–Trinajstić information content (AvgIpc) is 2.47. The lowest BCUT2D eigenvalue weighted by atomic mass is 9.79. The zero-order valence-corrected chi connectivity index (χ0v) is 12.9. The van der Waals surface area contributed by atoms with Crippen LogP contribution >= 0.6 is 0 Å². The van der Waals surface area contributed by atoms with Gasteiger partial charge in [-0.3, -0.25) is 4.79 Å². The molecule has 2 rings (SSSR count). The summed E-state index contributed by atoms with van der Waals surface area (Å²) >= 11 is 0. The molecule has 0 saturated heterocycles. The molecule has 21 heavy (non-hydrogen) atoms. The van der Waals surface area contributed by atoms with Crippen LogP contribution in [-0.4, -0.2) is 18.9 Å². The van der Waals surface area contributed by atoms with Crippen molar-refractivity contribution < 1.29 is 14.3 Å². The summed E-state index contributed by atoms with van der Waals surface area (Å²) in [6.07, 6.45) is 2.95. The lowest BCUT2D eigenvalue weighted by Gasteiger charge is -2.26. The molecule has 0 saturated carbocycles. The Bertz CT molecular complexity index is 584. The molecule has 3 heteroatoms. The second-order valence-corrected chi connectivity index (χ2v) is 5.64. The highest BCUT2D eigenvalue weighted by molar-refractivity contribution is 5.95. The third kappa shape index (κ3) is 3.41. The molecule has 1 atom stereocenters. The molecule has 0 radical (unpaired) electrons. The number of aryl methyl sites for hydroxylation is 2. The minimum Gasteiger partial charge on any atom is -0.463 e. The summed E-state index contributed by atoms with van der Waals surface area (Å²) in [5, 5.41) is 0. The highest BCUT2D eigenvalue weighted by atomic mass is 16.5. The Hall–Kier alpha value is -1.90. The van der Waals surface area contributed by atoms with E-state index in [1.807, 2.05) is 0 Å². The van der Waals surface area contributed by atoms with Crippen LogP contribution < -0.4 is 0 Å². The van der Waals surface area contributed by atoms with E-state index in [1.54, 1.807) is 6.92 Å². The predicted octanol–water partition coefficient (Wildman–Crippen LogP) is 3.63. The normalized spacial score (nSPS) is 18.5. The minimum atomic E-state index is -0.335. The average molecular weight is 286 g/mol. The molecule has 3 nitrogen and oxygen atoms in total. The molecule has 112 valence electrons. The van der Waals surface area contributed by atoms with Gasteiger partial charge in [-0.1, -0.05) is 23.8 Å². The van der Waals surface area contributed by atoms with Crippen LogP contribution in [0.2, 0.25) is 0 Å². The highest BCUT2D eigenvalue weighted by Gasteiger charge is 2.27. The predicted molar refractivity (Wildman–Crippen MR) is 82.2 cm³/mol. The molecular formula is C18H22O3. The van der Waals surface area contributed by atoms with Crippen LogP contribution in [-0.2, 0) is 14.3 Å². The number of hydrogen-bond acceptors (Lipinski definition) is 3. The summed E-state index contributed by atoms with van der Waals surface area (Å²) in [4.78, 5) is 23.2. The van der Waals surface area contributed by atoms with Gasteiger partial charge in [0.25, 0.3) is 0 Å². The van der Waals surface area contributed by atoms with Gasteiger partial charge in [-0.25, -0.2) is 4.79 Å². The van der Waals surface area contributed by atoms with Gasteiger partial charge in [0.15, 0.2) is 0 Å². The van der Waals surface area contributed by atoms with Crippen molar-refractivity contribution in [3.63, 3.8) is 0 Å². The van der Waals surface area contributed by atoms with Crippen LogP contribution in [0.5, 0.6) is 0 Å². The lowest BCUT2D eigenvalue weighted by Crippen LogP contribution is -2.18. The molecule has 1 aliphatic rings. The number of ether oxygens (including phenoxy) is 1. The van der Waals surface area contributed by atoms with Crippen molar-refractivity contribution in [2.75, 3.05) is 6.61 Å². The van der Waals surface area contributed by atoms with Crippen LogP contribution in [0.15, 0.2) is 29.3 Å². The topological polar surface area (TPSA) is 43.4 Å². The molecule has 1 aromatic rings. The molecule has 1 aliphatic carbocycles. The summed E-state index contributed by atoms with van der Waals surface area (Å²) in [5.74, 6) is -0.0253. The molecule has 0 spiro atoms. The number of carbonyl (C=O) groups excluding carboxylic acids is 2. The van der Waals surface area contributed by atoms with Gasteiger partial charge in [-0.05, 0) is 57.1 Å². The van der Waals surface area contributed by atoms with E-state index in [2.05, 4.69) is 32.0 Å².